The second-order valence-electron chi connectivity index (χ2n) is 4.43. The van der Waals surface area contributed by atoms with Crippen LogP contribution in [0.1, 0.15) is 39.5 Å². The number of nitrogens with two attached hydrogens (primary N) is 1. The van der Waals surface area contributed by atoms with E-state index in [0.717, 1.165) is 25.1 Å². The molecule has 0 bridgehead atoms. The van der Waals surface area contributed by atoms with Crippen LogP contribution in [0.25, 0.3) is 0 Å². The molecule has 0 saturated carbocycles. The van der Waals surface area contributed by atoms with Crippen LogP contribution in [0, 0.1) is 0 Å². The molecule has 2 unspecified atom stereocenters. The zero-order chi connectivity index (χ0) is 12.0. The van der Waals surface area contributed by atoms with Gasteiger partial charge in [-0.1, -0.05) is 13.3 Å². The predicted molar refractivity (Wildman–Crippen MR) is 77.9 cm³/mol. The fourth-order valence-corrected chi connectivity index (χ4v) is 3.17. The number of thioether (sulfide) groups is 1. The van der Waals surface area contributed by atoms with Crippen LogP contribution in [0.3, 0.4) is 0 Å². The summed E-state index contributed by atoms with van der Waals surface area (Å²) in [6, 6.07) is 0.293. The van der Waals surface area contributed by atoms with Gasteiger partial charge in [0.2, 0.25) is 5.91 Å². The van der Waals surface area contributed by atoms with Crippen molar-refractivity contribution in [2.75, 3.05) is 18.8 Å². The molecular formula is C12H25ClN2OS. The first-order valence-electron chi connectivity index (χ1n) is 6.32. The summed E-state index contributed by atoms with van der Waals surface area (Å²) in [6.07, 6.45) is 4.58. The molecule has 1 fully saturated rings. The Labute approximate surface area is 115 Å². The molecule has 0 aromatic rings. The lowest BCUT2D eigenvalue weighted by Gasteiger charge is -2.26. The van der Waals surface area contributed by atoms with Crippen LogP contribution in [0.2, 0.25) is 0 Å². The van der Waals surface area contributed by atoms with Gasteiger partial charge in [0, 0.05) is 19.1 Å². The highest BCUT2D eigenvalue weighted by Crippen LogP contribution is 2.22. The molecule has 0 aliphatic carbocycles. The Morgan fingerprint density at radius 2 is 2.29 bits per heavy atom. The van der Waals surface area contributed by atoms with Gasteiger partial charge in [0.1, 0.15) is 0 Å². The number of likely N-dealkylation sites (tertiary alicyclic amines) is 1. The van der Waals surface area contributed by atoms with Gasteiger partial charge in [0.25, 0.3) is 0 Å². The van der Waals surface area contributed by atoms with E-state index in [-0.39, 0.29) is 23.6 Å². The molecule has 102 valence electrons. The number of halogens is 1. The molecule has 0 aromatic heterocycles. The maximum Gasteiger partial charge on any atom is 0.235 e. The molecular weight excluding hydrogens is 256 g/mol. The van der Waals surface area contributed by atoms with Crippen LogP contribution < -0.4 is 5.73 Å². The third kappa shape index (κ3) is 5.06. The molecule has 1 amide bonds. The van der Waals surface area contributed by atoms with Crippen LogP contribution in [0.15, 0.2) is 0 Å². The SMILES string of the molecule is CCCCSC(C)C(=O)N1CCCC1CN.Cl. The third-order valence-electron chi connectivity index (χ3n) is 3.15. The molecule has 2 N–H and O–H groups in total. The number of amides is 1. The third-order valence-corrected chi connectivity index (χ3v) is 4.37. The fourth-order valence-electron chi connectivity index (χ4n) is 2.08. The fraction of sp³-hybridized carbons (Fsp3) is 0.917. The molecule has 3 nitrogen and oxygen atoms in total. The Morgan fingerprint density at radius 3 is 2.88 bits per heavy atom. The van der Waals surface area contributed by atoms with Crippen LogP contribution in [-0.2, 0) is 4.79 Å². The minimum atomic E-state index is 0. The van der Waals surface area contributed by atoms with Crippen molar-refractivity contribution in [1.82, 2.24) is 4.90 Å². The van der Waals surface area contributed by atoms with Crippen LogP contribution in [0.4, 0.5) is 0 Å². The van der Waals surface area contributed by atoms with Crippen LogP contribution in [-0.4, -0.2) is 40.9 Å². The molecule has 0 spiro atoms. The van der Waals surface area contributed by atoms with Gasteiger partial charge in [-0.2, -0.15) is 0 Å². The van der Waals surface area contributed by atoms with Crippen molar-refractivity contribution in [1.29, 1.82) is 0 Å². The lowest BCUT2D eigenvalue weighted by Crippen LogP contribution is -2.43. The van der Waals surface area contributed by atoms with Crippen molar-refractivity contribution in [3.05, 3.63) is 0 Å². The number of hydrogen-bond donors (Lipinski definition) is 1. The summed E-state index contributed by atoms with van der Waals surface area (Å²) in [5.41, 5.74) is 5.68. The second-order valence-corrected chi connectivity index (χ2v) is 5.88. The molecule has 1 aliphatic heterocycles. The van der Waals surface area contributed by atoms with Gasteiger partial charge in [-0.15, -0.1) is 24.2 Å². The lowest BCUT2D eigenvalue weighted by atomic mass is 10.2. The van der Waals surface area contributed by atoms with Gasteiger partial charge < -0.3 is 10.6 Å². The Balaban J connectivity index is 0.00000256. The summed E-state index contributed by atoms with van der Waals surface area (Å²) in [5, 5.41) is 0.0960. The summed E-state index contributed by atoms with van der Waals surface area (Å²) < 4.78 is 0. The average Bonchev–Trinajstić information content (AvgIpc) is 2.76. The zero-order valence-corrected chi connectivity index (χ0v) is 12.5. The Kier molecular flexibility index (Phi) is 9.10. The number of hydrogen-bond acceptors (Lipinski definition) is 3. The van der Waals surface area contributed by atoms with E-state index >= 15 is 0 Å². The highest BCUT2D eigenvalue weighted by atomic mass is 35.5. The molecule has 17 heavy (non-hydrogen) atoms. The maximum absolute atomic E-state index is 12.2. The predicted octanol–water partition coefficient (Wildman–Crippen LogP) is 2.28. The van der Waals surface area contributed by atoms with Crippen molar-refractivity contribution < 1.29 is 4.79 Å². The summed E-state index contributed by atoms with van der Waals surface area (Å²) in [7, 11) is 0. The van der Waals surface area contributed by atoms with E-state index in [2.05, 4.69) is 6.92 Å². The lowest BCUT2D eigenvalue weighted by molar-refractivity contribution is -0.130. The van der Waals surface area contributed by atoms with Crippen LogP contribution in [0.5, 0.6) is 0 Å². The van der Waals surface area contributed by atoms with Crippen LogP contribution >= 0.6 is 24.2 Å². The number of rotatable bonds is 6. The zero-order valence-electron chi connectivity index (χ0n) is 10.9. The molecule has 5 heteroatoms. The first-order valence-corrected chi connectivity index (χ1v) is 7.37. The minimum Gasteiger partial charge on any atom is -0.337 e. The number of carbonyl (C=O) groups is 1. The van der Waals surface area contributed by atoms with Gasteiger partial charge in [0.05, 0.1) is 5.25 Å². The van der Waals surface area contributed by atoms with Crippen molar-refractivity contribution in [3.63, 3.8) is 0 Å². The summed E-state index contributed by atoms with van der Waals surface area (Å²) in [6.45, 7) is 5.71. The van der Waals surface area contributed by atoms with Gasteiger partial charge in [-0.05, 0) is 31.9 Å². The van der Waals surface area contributed by atoms with E-state index in [4.69, 9.17) is 5.73 Å². The topological polar surface area (TPSA) is 46.3 Å². The van der Waals surface area contributed by atoms with E-state index in [0.29, 0.717) is 12.6 Å². The quantitative estimate of drug-likeness (QED) is 0.760. The van der Waals surface area contributed by atoms with Crippen molar-refractivity contribution in [2.24, 2.45) is 5.73 Å². The van der Waals surface area contributed by atoms with Crippen molar-refractivity contribution in [2.45, 2.75) is 50.8 Å². The van der Waals surface area contributed by atoms with Gasteiger partial charge >= 0.3 is 0 Å². The number of carbonyl (C=O) groups excluding carboxylic acids is 1. The highest BCUT2D eigenvalue weighted by molar-refractivity contribution is 8.00. The molecule has 1 saturated heterocycles. The average molecular weight is 281 g/mol. The standard InChI is InChI=1S/C12H24N2OS.ClH/c1-3-4-8-16-10(2)12(15)14-7-5-6-11(14)9-13;/h10-11H,3-9,13H2,1-2H3;1H. The largest absolute Gasteiger partial charge is 0.337 e. The first kappa shape index (κ1) is 17.1. The molecule has 0 radical (unpaired) electrons. The second kappa shape index (κ2) is 9.06. The van der Waals surface area contributed by atoms with E-state index < -0.39 is 0 Å². The maximum atomic E-state index is 12.2. The monoisotopic (exact) mass is 280 g/mol. The van der Waals surface area contributed by atoms with E-state index in [9.17, 15) is 4.79 Å². The summed E-state index contributed by atoms with van der Waals surface area (Å²) in [5.74, 6) is 1.37. The highest BCUT2D eigenvalue weighted by Gasteiger charge is 2.30. The van der Waals surface area contributed by atoms with Crippen molar-refractivity contribution in [3.8, 4) is 0 Å². The van der Waals surface area contributed by atoms with E-state index in [1.54, 1.807) is 11.8 Å². The Morgan fingerprint density at radius 1 is 1.59 bits per heavy atom. The van der Waals surface area contributed by atoms with Gasteiger partial charge in [-0.3, -0.25) is 4.79 Å². The minimum absolute atomic E-state index is 0. The molecule has 1 heterocycles. The normalized spacial score (nSPS) is 21.1. The van der Waals surface area contributed by atoms with E-state index in [1.807, 2.05) is 11.8 Å². The number of unbranched alkanes of at least 4 members (excludes halogenated alkanes) is 1. The smallest absolute Gasteiger partial charge is 0.235 e. The van der Waals surface area contributed by atoms with Gasteiger partial charge in [0.15, 0.2) is 0 Å². The molecule has 1 aliphatic rings. The molecule has 1 rings (SSSR count). The van der Waals surface area contributed by atoms with Gasteiger partial charge in [-0.25, -0.2) is 0 Å². The molecule has 2 atom stereocenters. The first-order chi connectivity index (χ1) is 7.70. The van der Waals surface area contributed by atoms with Crippen molar-refractivity contribution >= 4 is 30.1 Å². The summed E-state index contributed by atoms with van der Waals surface area (Å²) in [4.78, 5) is 14.1. The summed E-state index contributed by atoms with van der Waals surface area (Å²) >= 11 is 1.78. The Bertz CT molecular complexity index is 229. The van der Waals surface area contributed by atoms with E-state index in [1.165, 1.54) is 12.8 Å². The number of nitrogens with zero attached hydrogens (tertiary/aromatic N) is 1. The molecule has 0 aromatic carbocycles. The Hall–Kier alpha value is 0.0700.